The third-order valence-electron chi connectivity index (χ3n) is 2.81. The fourth-order valence-corrected chi connectivity index (χ4v) is 2.40. The highest BCUT2D eigenvalue weighted by atomic mass is 79.9. The van der Waals surface area contributed by atoms with Crippen molar-refractivity contribution in [2.75, 3.05) is 0 Å². The second kappa shape index (κ2) is 6.13. The number of carbonyl (C=O) groups is 1. The number of halogens is 3. The monoisotopic (exact) mass is 339 g/mol. The number of rotatable bonds is 3. The number of aryl methyl sites for hydroxylation is 1. The maximum Gasteiger partial charge on any atom is 0.252 e. The number of amides is 1. The summed E-state index contributed by atoms with van der Waals surface area (Å²) >= 11 is 3.32. The van der Waals surface area contributed by atoms with Crippen molar-refractivity contribution in [1.29, 1.82) is 0 Å². The number of carbonyl (C=O) groups excluding carboxylic acids is 1. The van der Waals surface area contributed by atoms with Crippen molar-refractivity contribution in [3.05, 3.63) is 69.2 Å². The molecular weight excluding hydrogens is 328 g/mol. The third-order valence-corrected chi connectivity index (χ3v) is 3.46. The SMILES string of the molecule is Cc1ccc(C(=O)NCc2ccc(F)c(F)c2)c(Br)c1. The standard InChI is InChI=1S/C15H12BrF2NO/c1-9-2-4-11(12(16)6-9)15(20)19-8-10-3-5-13(17)14(18)7-10/h2-7H,8H2,1H3,(H,19,20). The predicted octanol–water partition coefficient (Wildman–Crippen LogP) is 3.97. The zero-order valence-corrected chi connectivity index (χ0v) is 12.3. The highest BCUT2D eigenvalue weighted by Crippen LogP contribution is 2.18. The third kappa shape index (κ3) is 3.42. The van der Waals surface area contributed by atoms with E-state index in [4.69, 9.17) is 0 Å². The first-order valence-electron chi connectivity index (χ1n) is 5.95. The lowest BCUT2D eigenvalue weighted by atomic mass is 10.1. The molecule has 1 N–H and O–H groups in total. The molecule has 0 fully saturated rings. The van der Waals surface area contributed by atoms with Crippen LogP contribution in [0.3, 0.4) is 0 Å². The second-order valence-corrected chi connectivity index (χ2v) is 5.27. The zero-order chi connectivity index (χ0) is 14.7. The largest absolute Gasteiger partial charge is 0.348 e. The van der Waals surface area contributed by atoms with Crippen LogP contribution < -0.4 is 5.32 Å². The summed E-state index contributed by atoms with van der Waals surface area (Å²) in [6, 6.07) is 8.92. The van der Waals surface area contributed by atoms with Crippen LogP contribution >= 0.6 is 15.9 Å². The number of hydrogen-bond acceptors (Lipinski definition) is 1. The first-order chi connectivity index (χ1) is 9.47. The molecule has 2 rings (SSSR count). The van der Waals surface area contributed by atoms with E-state index in [0.717, 1.165) is 17.7 Å². The Kier molecular flexibility index (Phi) is 4.49. The van der Waals surface area contributed by atoms with Gasteiger partial charge in [0.25, 0.3) is 5.91 Å². The highest BCUT2D eigenvalue weighted by Gasteiger charge is 2.10. The average Bonchev–Trinajstić information content (AvgIpc) is 2.40. The molecule has 0 aliphatic rings. The van der Waals surface area contributed by atoms with E-state index in [-0.39, 0.29) is 12.5 Å². The highest BCUT2D eigenvalue weighted by molar-refractivity contribution is 9.10. The molecule has 0 aliphatic heterocycles. The van der Waals surface area contributed by atoms with Crippen molar-refractivity contribution < 1.29 is 13.6 Å². The molecule has 0 bridgehead atoms. The Morgan fingerprint density at radius 3 is 2.55 bits per heavy atom. The molecule has 104 valence electrons. The molecule has 0 saturated heterocycles. The Balaban J connectivity index is 2.06. The number of benzene rings is 2. The quantitative estimate of drug-likeness (QED) is 0.900. The van der Waals surface area contributed by atoms with Gasteiger partial charge in [-0.15, -0.1) is 0 Å². The van der Waals surface area contributed by atoms with E-state index in [1.165, 1.54) is 6.07 Å². The Morgan fingerprint density at radius 1 is 1.15 bits per heavy atom. The fraction of sp³-hybridized carbons (Fsp3) is 0.133. The van der Waals surface area contributed by atoms with Crippen LogP contribution in [0.4, 0.5) is 8.78 Å². The van der Waals surface area contributed by atoms with E-state index in [0.29, 0.717) is 15.6 Å². The van der Waals surface area contributed by atoms with Gasteiger partial charge in [0, 0.05) is 11.0 Å². The van der Waals surface area contributed by atoms with E-state index in [1.54, 1.807) is 6.07 Å². The molecule has 0 atom stereocenters. The molecule has 1 amide bonds. The fourth-order valence-electron chi connectivity index (χ4n) is 1.73. The van der Waals surface area contributed by atoms with Crippen molar-refractivity contribution in [3.8, 4) is 0 Å². The van der Waals surface area contributed by atoms with Gasteiger partial charge in [-0.2, -0.15) is 0 Å². The van der Waals surface area contributed by atoms with Crippen LogP contribution in [0.1, 0.15) is 21.5 Å². The van der Waals surface area contributed by atoms with Crippen molar-refractivity contribution in [1.82, 2.24) is 5.32 Å². The number of nitrogens with one attached hydrogen (secondary N) is 1. The zero-order valence-electron chi connectivity index (χ0n) is 10.7. The van der Waals surface area contributed by atoms with E-state index in [2.05, 4.69) is 21.2 Å². The van der Waals surface area contributed by atoms with Gasteiger partial charge in [-0.1, -0.05) is 12.1 Å². The molecule has 0 spiro atoms. The van der Waals surface area contributed by atoms with E-state index in [9.17, 15) is 13.6 Å². The molecule has 0 unspecified atom stereocenters. The van der Waals surface area contributed by atoms with Crippen LogP contribution in [-0.2, 0) is 6.54 Å². The summed E-state index contributed by atoms with van der Waals surface area (Å²) in [5.74, 6) is -2.10. The average molecular weight is 340 g/mol. The summed E-state index contributed by atoms with van der Waals surface area (Å²) in [7, 11) is 0. The minimum absolute atomic E-state index is 0.135. The van der Waals surface area contributed by atoms with E-state index < -0.39 is 11.6 Å². The first-order valence-corrected chi connectivity index (χ1v) is 6.75. The van der Waals surface area contributed by atoms with Crippen LogP contribution in [0.25, 0.3) is 0 Å². The normalized spacial score (nSPS) is 10.4. The topological polar surface area (TPSA) is 29.1 Å². The van der Waals surface area contributed by atoms with Gasteiger partial charge >= 0.3 is 0 Å². The smallest absolute Gasteiger partial charge is 0.252 e. The Labute approximate surface area is 123 Å². The summed E-state index contributed by atoms with van der Waals surface area (Å²) in [6.45, 7) is 2.06. The van der Waals surface area contributed by atoms with Crippen LogP contribution in [0, 0.1) is 18.6 Å². The number of hydrogen-bond donors (Lipinski definition) is 1. The van der Waals surface area contributed by atoms with Crippen LogP contribution in [0.2, 0.25) is 0 Å². The summed E-state index contributed by atoms with van der Waals surface area (Å²) in [5, 5.41) is 2.66. The summed E-state index contributed by atoms with van der Waals surface area (Å²) < 4.78 is 26.5. The Morgan fingerprint density at radius 2 is 1.90 bits per heavy atom. The van der Waals surface area contributed by atoms with Crippen molar-refractivity contribution in [2.24, 2.45) is 0 Å². The summed E-state index contributed by atoms with van der Waals surface area (Å²) in [4.78, 5) is 12.0. The van der Waals surface area contributed by atoms with Crippen molar-refractivity contribution in [3.63, 3.8) is 0 Å². The molecule has 0 radical (unpaired) electrons. The minimum Gasteiger partial charge on any atom is -0.348 e. The lowest BCUT2D eigenvalue weighted by molar-refractivity contribution is 0.0950. The molecule has 0 aromatic heterocycles. The van der Waals surface area contributed by atoms with E-state index >= 15 is 0 Å². The van der Waals surface area contributed by atoms with Gasteiger partial charge in [-0.05, 0) is 58.2 Å². The van der Waals surface area contributed by atoms with Gasteiger partial charge in [0.2, 0.25) is 0 Å². The van der Waals surface area contributed by atoms with Gasteiger partial charge < -0.3 is 5.32 Å². The minimum atomic E-state index is -0.923. The lowest BCUT2D eigenvalue weighted by Gasteiger charge is -2.08. The Bertz CT molecular complexity index is 658. The van der Waals surface area contributed by atoms with Gasteiger partial charge in [-0.3, -0.25) is 4.79 Å². The molecule has 2 aromatic rings. The van der Waals surface area contributed by atoms with Crippen molar-refractivity contribution >= 4 is 21.8 Å². The molecule has 5 heteroatoms. The molecule has 0 saturated carbocycles. The molecular formula is C15H12BrF2NO. The lowest BCUT2D eigenvalue weighted by Crippen LogP contribution is -2.23. The summed E-state index contributed by atoms with van der Waals surface area (Å²) in [6.07, 6.45) is 0. The molecule has 0 heterocycles. The molecule has 2 nitrogen and oxygen atoms in total. The molecule has 20 heavy (non-hydrogen) atoms. The molecule has 0 aliphatic carbocycles. The first kappa shape index (κ1) is 14.7. The Hall–Kier alpha value is -1.75. The van der Waals surface area contributed by atoms with E-state index in [1.807, 2.05) is 19.1 Å². The van der Waals surface area contributed by atoms with Gasteiger partial charge in [0.1, 0.15) is 0 Å². The van der Waals surface area contributed by atoms with Crippen LogP contribution in [0.5, 0.6) is 0 Å². The van der Waals surface area contributed by atoms with Gasteiger partial charge in [0.15, 0.2) is 11.6 Å². The second-order valence-electron chi connectivity index (χ2n) is 4.41. The summed E-state index contributed by atoms with van der Waals surface area (Å²) in [5.41, 5.74) is 2.03. The van der Waals surface area contributed by atoms with Crippen LogP contribution in [-0.4, -0.2) is 5.91 Å². The predicted molar refractivity (Wildman–Crippen MR) is 76.4 cm³/mol. The van der Waals surface area contributed by atoms with Crippen molar-refractivity contribution in [2.45, 2.75) is 13.5 Å². The van der Waals surface area contributed by atoms with Crippen LogP contribution in [0.15, 0.2) is 40.9 Å². The molecule has 2 aromatic carbocycles. The maximum atomic E-state index is 13.0. The maximum absolute atomic E-state index is 13.0. The van der Waals surface area contributed by atoms with Gasteiger partial charge in [-0.25, -0.2) is 8.78 Å². The van der Waals surface area contributed by atoms with Gasteiger partial charge in [0.05, 0.1) is 5.56 Å².